The molecule has 0 amide bonds. The fourth-order valence-electron chi connectivity index (χ4n) is 1.15. The predicted molar refractivity (Wildman–Crippen MR) is 68.0 cm³/mol. The summed E-state index contributed by atoms with van der Waals surface area (Å²) in [7, 11) is 1.63. The minimum atomic E-state index is 0.209. The van der Waals surface area contributed by atoms with Gasteiger partial charge < -0.3 is 9.47 Å². The highest BCUT2D eigenvalue weighted by molar-refractivity contribution is 9.10. The van der Waals surface area contributed by atoms with E-state index in [0.29, 0.717) is 32.7 Å². The van der Waals surface area contributed by atoms with Crippen molar-refractivity contribution in [2.45, 2.75) is 12.8 Å². The van der Waals surface area contributed by atoms with Gasteiger partial charge in [-0.05, 0) is 27.4 Å². The molecule has 90 valence electrons. The van der Waals surface area contributed by atoms with Crippen LogP contribution in [0.2, 0.25) is 0 Å². The van der Waals surface area contributed by atoms with Crippen molar-refractivity contribution in [3.63, 3.8) is 0 Å². The van der Waals surface area contributed by atoms with Gasteiger partial charge in [0.2, 0.25) is 0 Å². The van der Waals surface area contributed by atoms with Gasteiger partial charge in [0.05, 0.1) is 19.8 Å². The van der Waals surface area contributed by atoms with Crippen molar-refractivity contribution in [3.05, 3.63) is 20.8 Å². The predicted octanol–water partition coefficient (Wildman–Crippen LogP) is 2.68. The Balaban J connectivity index is 2.14. The van der Waals surface area contributed by atoms with E-state index in [0.717, 1.165) is 9.35 Å². The standard InChI is InChI=1S/C11H15BrO3S/c1-14-5-6-15-4-2-9(13)8-11-10(12)3-7-16-11/h3,7H,2,4-6,8H2,1H3. The molecule has 1 rings (SSSR count). The second-order valence-electron chi connectivity index (χ2n) is 3.26. The number of methoxy groups -OCH3 is 1. The lowest BCUT2D eigenvalue weighted by atomic mass is 10.2. The molecule has 0 aliphatic rings. The van der Waals surface area contributed by atoms with Crippen molar-refractivity contribution >= 4 is 33.0 Å². The Labute approximate surface area is 108 Å². The third-order valence-corrected chi connectivity index (χ3v) is 3.93. The Morgan fingerprint density at radius 3 is 2.88 bits per heavy atom. The van der Waals surface area contributed by atoms with Gasteiger partial charge in [-0.3, -0.25) is 4.79 Å². The van der Waals surface area contributed by atoms with Crippen LogP contribution in [0.25, 0.3) is 0 Å². The summed E-state index contributed by atoms with van der Waals surface area (Å²) in [6.45, 7) is 1.60. The lowest BCUT2D eigenvalue weighted by Crippen LogP contribution is -2.09. The number of thiophene rings is 1. The van der Waals surface area contributed by atoms with E-state index in [-0.39, 0.29) is 5.78 Å². The van der Waals surface area contributed by atoms with E-state index in [1.165, 1.54) is 0 Å². The van der Waals surface area contributed by atoms with Crippen molar-refractivity contribution in [2.24, 2.45) is 0 Å². The van der Waals surface area contributed by atoms with E-state index < -0.39 is 0 Å². The van der Waals surface area contributed by atoms with Crippen LogP contribution < -0.4 is 0 Å². The van der Waals surface area contributed by atoms with Crippen LogP contribution in [0.3, 0.4) is 0 Å². The van der Waals surface area contributed by atoms with Gasteiger partial charge in [-0.15, -0.1) is 11.3 Å². The summed E-state index contributed by atoms with van der Waals surface area (Å²) in [5.41, 5.74) is 0. The number of carbonyl (C=O) groups is 1. The molecular weight excluding hydrogens is 292 g/mol. The maximum Gasteiger partial charge on any atom is 0.140 e. The van der Waals surface area contributed by atoms with Gasteiger partial charge in [0.25, 0.3) is 0 Å². The average Bonchev–Trinajstić information content (AvgIpc) is 2.64. The molecule has 0 saturated carbocycles. The molecule has 0 N–H and O–H groups in total. The normalized spacial score (nSPS) is 10.6. The average molecular weight is 307 g/mol. The van der Waals surface area contributed by atoms with Crippen LogP contribution >= 0.6 is 27.3 Å². The molecule has 0 aliphatic heterocycles. The number of halogens is 1. The quantitative estimate of drug-likeness (QED) is 0.693. The third kappa shape index (κ3) is 5.21. The molecule has 1 aromatic rings. The molecule has 0 unspecified atom stereocenters. The minimum Gasteiger partial charge on any atom is -0.382 e. The molecule has 0 atom stereocenters. The van der Waals surface area contributed by atoms with Crippen LogP contribution in [0.4, 0.5) is 0 Å². The van der Waals surface area contributed by atoms with Crippen LogP contribution in [0, 0.1) is 0 Å². The molecule has 0 spiro atoms. The van der Waals surface area contributed by atoms with E-state index in [4.69, 9.17) is 9.47 Å². The van der Waals surface area contributed by atoms with Gasteiger partial charge in [0.1, 0.15) is 5.78 Å². The molecule has 16 heavy (non-hydrogen) atoms. The van der Waals surface area contributed by atoms with E-state index in [9.17, 15) is 4.79 Å². The molecule has 0 aromatic carbocycles. The van der Waals surface area contributed by atoms with E-state index >= 15 is 0 Å². The smallest absolute Gasteiger partial charge is 0.140 e. The molecule has 1 aromatic heterocycles. The van der Waals surface area contributed by atoms with Crippen LogP contribution in [-0.4, -0.2) is 32.7 Å². The summed E-state index contributed by atoms with van der Waals surface area (Å²) in [5, 5.41) is 1.97. The lowest BCUT2D eigenvalue weighted by Gasteiger charge is -2.02. The number of Topliss-reactive ketones (excluding diaryl/α,β-unsaturated/α-hetero) is 1. The van der Waals surface area contributed by atoms with Crippen LogP contribution in [0.1, 0.15) is 11.3 Å². The molecule has 0 bridgehead atoms. The SMILES string of the molecule is COCCOCCC(=O)Cc1sccc1Br. The zero-order valence-electron chi connectivity index (χ0n) is 9.20. The van der Waals surface area contributed by atoms with E-state index in [1.54, 1.807) is 18.4 Å². The summed E-state index contributed by atoms with van der Waals surface area (Å²) < 4.78 is 11.1. The third-order valence-electron chi connectivity index (χ3n) is 2.01. The van der Waals surface area contributed by atoms with Crippen LogP contribution in [-0.2, 0) is 20.7 Å². The van der Waals surface area contributed by atoms with Crippen LogP contribution in [0.5, 0.6) is 0 Å². The summed E-state index contributed by atoms with van der Waals surface area (Å²) in [5.74, 6) is 0.209. The molecule has 5 heteroatoms. The minimum absolute atomic E-state index is 0.209. The summed E-state index contributed by atoms with van der Waals surface area (Å²) in [6, 6.07) is 1.96. The highest BCUT2D eigenvalue weighted by Crippen LogP contribution is 2.23. The van der Waals surface area contributed by atoms with E-state index in [1.807, 2.05) is 11.4 Å². The first kappa shape index (κ1) is 13.8. The van der Waals surface area contributed by atoms with Gasteiger partial charge >= 0.3 is 0 Å². The number of hydrogen-bond donors (Lipinski definition) is 0. The largest absolute Gasteiger partial charge is 0.382 e. The molecule has 1 heterocycles. The monoisotopic (exact) mass is 306 g/mol. The molecule has 3 nitrogen and oxygen atoms in total. The Kier molecular flexibility index (Phi) is 6.87. The summed E-state index contributed by atoms with van der Waals surface area (Å²) in [4.78, 5) is 12.7. The maximum atomic E-state index is 11.6. The van der Waals surface area contributed by atoms with Gasteiger partial charge in [-0.1, -0.05) is 0 Å². The Bertz CT molecular complexity index is 325. The fourth-order valence-corrected chi connectivity index (χ4v) is 2.67. The Morgan fingerprint density at radius 2 is 2.25 bits per heavy atom. The second kappa shape index (κ2) is 7.95. The van der Waals surface area contributed by atoms with Gasteiger partial charge in [0, 0.05) is 29.3 Å². The lowest BCUT2D eigenvalue weighted by molar-refractivity contribution is -0.119. The van der Waals surface area contributed by atoms with Gasteiger partial charge in [-0.25, -0.2) is 0 Å². The first-order chi connectivity index (χ1) is 7.74. The molecule has 0 fully saturated rings. The Hall–Kier alpha value is -0.230. The fraction of sp³-hybridized carbons (Fsp3) is 0.545. The zero-order chi connectivity index (χ0) is 11.8. The molecule has 0 aliphatic carbocycles. The van der Waals surface area contributed by atoms with Crippen molar-refractivity contribution in [3.8, 4) is 0 Å². The summed E-state index contributed by atoms with van der Waals surface area (Å²) in [6.07, 6.45) is 0.958. The van der Waals surface area contributed by atoms with Gasteiger partial charge in [-0.2, -0.15) is 0 Å². The van der Waals surface area contributed by atoms with Crippen LogP contribution in [0.15, 0.2) is 15.9 Å². The highest BCUT2D eigenvalue weighted by atomic mass is 79.9. The molecule has 0 radical (unpaired) electrons. The zero-order valence-corrected chi connectivity index (χ0v) is 11.6. The maximum absolute atomic E-state index is 11.6. The number of carbonyl (C=O) groups excluding carboxylic acids is 1. The number of rotatable bonds is 8. The number of ketones is 1. The molecule has 0 saturated heterocycles. The van der Waals surface area contributed by atoms with Crippen molar-refractivity contribution < 1.29 is 14.3 Å². The highest BCUT2D eigenvalue weighted by Gasteiger charge is 2.07. The van der Waals surface area contributed by atoms with Crippen molar-refractivity contribution in [2.75, 3.05) is 26.9 Å². The van der Waals surface area contributed by atoms with E-state index in [2.05, 4.69) is 15.9 Å². The summed E-state index contributed by atoms with van der Waals surface area (Å²) >= 11 is 5.00. The number of hydrogen-bond acceptors (Lipinski definition) is 4. The first-order valence-corrected chi connectivity index (χ1v) is 6.71. The topological polar surface area (TPSA) is 35.5 Å². The number of ether oxygens (including phenoxy) is 2. The van der Waals surface area contributed by atoms with Crippen molar-refractivity contribution in [1.29, 1.82) is 0 Å². The van der Waals surface area contributed by atoms with Gasteiger partial charge in [0.15, 0.2) is 0 Å². The Morgan fingerprint density at radius 1 is 1.44 bits per heavy atom. The van der Waals surface area contributed by atoms with Crippen molar-refractivity contribution in [1.82, 2.24) is 0 Å². The first-order valence-electron chi connectivity index (χ1n) is 5.04. The second-order valence-corrected chi connectivity index (χ2v) is 5.12. The molecular formula is C11H15BrO3S.